The third-order valence-corrected chi connectivity index (χ3v) is 5.00. The van der Waals surface area contributed by atoms with Gasteiger partial charge in [0.05, 0.1) is 29.3 Å². The van der Waals surface area contributed by atoms with E-state index < -0.39 is 11.8 Å². The number of fused-ring (bicyclic) bond motifs is 1. The first-order chi connectivity index (χ1) is 14.0. The molecule has 2 atom stereocenters. The number of hydrogen-bond donors (Lipinski definition) is 4. The van der Waals surface area contributed by atoms with Crippen LogP contribution in [0.1, 0.15) is 36.6 Å². The molecule has 1 aromatic carbocycles. The van der Waals surface area contributed by atoms with Gasteiger partial charge >= 0.3 is 0 Å². The maximum atomic E-state index is 13.2. The number of alkyl halides is 2. The van der Waals surface area contributed by atoms with E-state index in [9.17, 15) is 8.78 Å². The van der Waals surface area contributed by atoms with Crippen LogP contribution in [0.4, 0.5) is 26.4 Å². The SMILES string of the molecule is CC(Nc1nccc(Nc2cc(C3CC3(F)F)[nH]n2)n1)c1ccc2nc[nH]c2c1. The predicted octanol–water partition coefficient (Wildman–Crippen LogP) is 4.12. The smallest absolute Gasteiger partial charge is 0.257 e. The zero-order chi connectivity index (χ0) is 20.0. The molecule has 1 aliphatic carbocycles. The Labute approximate surface area is 164 Å². The van der Waals surface area contributed by atoms with Gasteiger partial charge in [0.2, 0.25) is 5.95 Å². The molecule has 29 heavy (non-hydrogen) atoms. The summed E-state index contributed by atoms with van der Waals surface area (Å²) in [5.74, 6) is -2.02. The number of benzene rings is 1. The van der Waals surface area contributed by atoms with E-state index in [0.717, 1.165) is 16.6 Å². The van der Waals surface area contributed by atoms with Crippen molar-refractivity contribution in [2.24, 2.45) is 0 Å². The lowest BCUT2D eigenvalue weighted by atomic mass is 10.1. The van der Waals surface area contributed by atoms with E-state index in [1.54, 1.807) is 24.7 Å². The summed E-state index contributed by atoms with van der Waals surface area (Å²) in [6, 6.07) is 9.22. The molecular formula is C19H18F2N8. The van der Waals surface area contributed by atoms with Gasteiger partial charge in [-0.25, -0.2) is 18.7 Å². The first-order valence-electron chi connectivity index (χ1n) is 9.21. The molecule has 5 rings (SSSR count). The highest BCUT2D eigenvalue weighted by Gasteiger charge is 2.58. The monoisotopic (exact) mass is 396 g/mol. The van der Waals surface area contributed by atoms with E-state index in [2.05, 4.69) is 40.8 Å². The maximum absolute atomic E-state index is 13.2. The second kappa shape index (κ2) is 6.50. The molecule has 8 nitrogen and oxygen atoms in total. The predicted molar refractivity (Wildman–Crippen MR) is 104 cm³/mol. The molecule has 1 fully saturated rings. The van der Waals surface area contributed by atoms with Crippen molar-refractivity contribution < 1.29 is 8.78 Å². The van der Waals surface area contributed by atoms with Crippen molar-refractivity contribution in [2.75, 3.05) is 10.6 Å². The second-order valence-electron chi connectivity index (χ2n) is 7.16. The van der Waals surface area contributed by atoms with Gasteiger partial charge in [-0.2, -0.15) is 10.1 Å². The Kier molecular flexibility index (Phi) is 3.93. The Balaban J connectivity index is 1.28. The normalized spacial score (nSPS) is 18.5. The van der Waals surface area contributed by atoms with E-state index in [1.807, 2.05) is 25.1 Å². The van der Waals surface area contributed by atoms with E-state index in [1.165, 1.54) is 0 Å². The Morgan fingerprint density at radius 1 is 1.17 bits per heavy atom. The van der Waals surface area contributed by atoms with Crippen LogP contribution in [-0.4, -0.2) is 36.1 Å². The van der Waals surface area contributed by atoms with E-state index >= 15 is 0 Å². The van der Waals surface area contributed by atoms with Gasteiger partial charge in [0, 0.05) is 24.4 Å². The summed E-state index contributed by atoms with van der Waals surface area (Å²) < 4.78 is 26.4. The number of nitrogens with zero attached hydrogens (tertiary/aromatic N) is 4. The lowest BCUT2D eigenvalue weighted by Gasteiger charge is -2.14. The standard InChI is InChI=1S/C19H18F2N8/c1-10(11-2-3-13-15(6-11)24-9-23-13)25-18-22-5-4-16(27-18)26-17-7-14(28-29-17)12-8-19(12,20)21/h2-7,9-10,12H,8H2,1H3,(H,23,24)(H3,22,25,26,27,28,29). The van der Waals surface area contributed by atoms with Crippen LogP contribution >= 0.6 is 0 Å². The lowest BCUT2D eigenvalue weighted by Crippen LogP contribution is -2.10. The molecule has 0 spiro atoms. The van der Waals surface area contributed by atoms with Gasteiger partial charge in [0.15, 0.2) is 5.82 Å². The van der Waals surface area contributed by atoms with Crippen LogP contribution in [0, 0.1) is 0 Å². The summed E-state index contributed by atoms with van der Waals surface area (Å²) in [7, 11) is 0. The number of hydrogen-bond acceptors (Lipinski definition) is 6. The van der Waals surface area contributed by atoms with Gasteiger partial charge in [-0.05, 0) is 30.7 Å². The number of nitrogens with one attached hydrogen (secondary N) is 4. The van der Waals surface area contributed by atoms with Gasteiger partial charge in [0.1, 0.15) is 5.82 Å². The van der Waals surface area contributed by atoms with Crippen molar-refractivity contribution >= 4 is 28.6 Å². The van der Waals surface area contributed by atoms with Crippen molar-refractivity contribution in [3.63, 3.8) is 0 Å². The first kappa shape index (κ1) is 17.5. The average molecular weight is 396 g/mol. The number of imidazole rings is 1. The molecule has 0 bridgehead atoms. The van der Waals surface area contributed by atoms with Gasteiger partial charge in [-0.1, -0.05) is 6.07 Å². The molecule has 1 saturated carbocycles. The van der Waals surface area contributed by atoms with Crippen molar-refractivity contribution in [3.8, 4) is 0 Å². The van der Waals surface area contributed by atoms with E-state index in [0.29, 0.717) is 23.3 Å². The minimum atomic E-state index is -2.63. The molecule has 0 aliphatic heterocycles. The third kappa shape index (κ3) is 3.48. The molecule has 4 aromatic rings. The highest BCUT2D eigenvalue weighted by Crippen LogP contribution is 2.55. The number of aromatic amines is 2. The molecule has 0 radical (unpaired) electrons. The summed E-state index contributed by atoms with van der Waals surface area (Å²) in [5.41, 5.74) is 3.35. The zero-order valence-electron chi connectivity index (χ0n) is 15.4. The van der Waals surface area contributed by atoms with E-state index in [4.69, 9.17) is 0 Å². The second-order valence-corrected chi connectivity index (χ2v) is 7.16. The van der Waals surface area contributed by atoms with Crippen LogP contribution in [0.25, 0.3) is 11.0 Å². The minimum Gasteiger partial charge on any atom is -0.348 e. The quantitative estimate of drug-likeness (QED) is 0.391. The van der Waals surface area contributed by atoms with Crippen LogP contribution in [0.2, 0.25) is 0 Å². The van der Waals surface area contributed by atoms with Gasteiger partial charge < -0.3 is 15.6 Å². The van der Waals surface area contributed by atoms with Crippen LogP contribution in [0.15, 0.2) is 42.9 Å². The van der Waals surface area contributed by atoms with Crippen LogP contribution in [0.3, 0.4) is 0 Å². The fraction of sp³-hybridized carbons (Fsp3) is 0.263. The molecule has 2 unspecified atom stereocenters. The van der Waals surface area contributed by atoms with Crippen LogP contribution in [-0.2, 0) is 0 Å². The van der Waals surface area contributed by atoms with Crippen molar-refractivity contribution in [1.82, 2.24) is 30.1 Å². The largest absolute Gasteiger partial charge is 0.348 e. The third-order valence-electron chi connectivity index (χ3n) is 5.00. The topological polar surface area (TPSA) is 107 Å². The summed E-state index contributed by atoms with van der Waals surface area (Å²) in [4.78, 5) is 16.0. The Hall–Kier alpha value is -3.56. The van der Waals surface area contributed by atoms with Crippen LogP contribution in [0.5, 0.6) is 0 Å². The number of anilines is 3. The molecule has 0 amide bonds. The average Bonchev–Trinajstić information content (AvgIpc) is 3.08. The molecule has 1 aliphatic rings. The molecule has 0 saturated heterocycles. The fourth-order valence-corrected chi connectivity index (χ4v) is 3.26. The number of H-pyrrole nitrogens is 2. The van der Waals surface area contributed by atoms with Crippen molar-refractivity contribution in [1.29, 1.82) is 0 Å². The summed E-state index contributed by atoms with van der Waals surface area (Å²) in [6.07, 6.45) is 3.14. The maximum Gasteiger partial charge on any atom is 0.257 e. The molecule has 3 heterocycles. The van der Waals surface area contributed by atoms with E-state index in [-0.39, 0.29) is 12.5 Å². The number of halogens is 2. The highest BCUT2D eigenvalue weighted by atomic mass is 19.3. The van der Waals surface area contributed by atoms with Gasteiger partial charge in [-0.15, -0.1) is 0 Å². The van der Waals surface area contributed by atoms with Crippen LogP contribution < -0.4 is 10.6 Å². The van der Waals surface area contributed by atoms with Crippen molar-refractivity contribution in [2.45, 2.75) is 31.2 Å². The Morgan fingerprint density at radius 2 is 2.03 bits per heavy atom. The molecule has 3 aromatic heterocycles. The number of aromatic nitrogens is 6. The lowest BCUT2D eigenvalue weighted by molar-refractivity contribution is 0.111. The first-order valence-corrected chi connectivity index (χ1v) is 9.21. The minimum absolute atomic E-state index is 0.0352. The zero-order valence-corrected chi connectivity index (χ0v) is 15.4. The Bertz CT molecular complexity index is 1170. The molecular weight excluding hydrogens is 378 g/mol. The van der Waals surface area contributed by atoms with Crippen molar-refractivity contribution in [3.05, 3.63) is 54.1 Å². The summed E-state index contributed by atoms with van der Waals surface area (Å²) in [6.45, 7) is 2.01. The molecule has 148 valence electrons. The molecule has 4 N–H and O–H groups in total. The summed E-state index contributed by atoms with van der Waals surface area (Å²) >= 11 is 0. The van der Waals surface area contributed by atoms with Gasteiger partial charge in [0.25, 0.3) is 5.92 Å². The number of rotatable bonds is 6. The highest BCUT2D eigenvalue weighted by molar-refractivity contribution is 5.75. The Morgan fingerprint density at radius 3 is 2.86 bits per heavy atom. The fourth-order valence-electron chi connectivity index (χ4n) is 3.26. The molecule has 10 heteroatoms. The van der Waals surface area contributed by atoms with Gasteiger partial charge in [-0.3, -0.25) is 5.10 Å². The summed E-state index contributed by atoms with van der Waals surface area (Å²) in [5, 5.41) is 13.0.